The lowest BCUT2D eigenvalue weighted by molar-refractivity contribution is -0.0248. The average Bonchev–Trinajstić information content (AvgIpc) is 2.60. The van der Waals surface area contributed by atoms with Gasteiger partial charge in [0.15, 0.2) is 0 Å². The number of nitrogens with zero attached hydrogens (tertiary/aromatic N) is 5. The van der Waals surface area contributed by atoms with Crippen LogP contribution in [0.2, 0.25) is 0 Å². The predicted molar refractivity (Wildman–Crippen MR) is 87.5 cm³/mol. The zero-order valence-corrected chi connectivity index (χ0v) is 14.0. The summed E-state index contributed by atoms with van der Waals surface area (Å²) >= 11 is 0. The maximum Gasteiger partial charge on any atom is 0.272 e. The Morgan fingerprint density at radius 1 is 1.33 bits per heavy atom. The fraction of sp³-hybridized carbons (Fsp3) is 0.471. The predicted octanol–water partition coefficient (Wildman–Crippen LogP) is 1.36. The fourth-order valence-electron chi connectivity index (χ4n) is 2.77. The van der Waals surface area contributed by atoms with Crippen molar-refractivity contribution in [2.24, 2.45) is 0 Å². The van der Waals surface area contributed by atoms with E-state index in [1.807, 2.05) is 13.0 Å². The number of amides is 1. The van der Waals surface area contributed by atoms with Crippen molar-refractivity contribution in [3.05, 3.63) is 47.6 Å². The minimum Gasteiger partial charge on any atom is -0.375 e. The van der Waals surface area contributed by atoms with Crippen molar-refractivity contribution in [1.29, 1.82) is 0 Å². The highest BCUT2D eigenvalue weighted by Crippen LogP contribution is 2.14. The molecule has 126 valence electrons. The van der Waals surface area contributed by atoms with Crippen molar-refractivity contribution in [3.63, 3.8) is 0 Å². The third-order valence-electron chi connectivity index (χ3n) is 4.00. The van der Waals surface area contributed by atoms with E-state index in [1.165, 1.54) is 0 Å². The monoisotopic (exact) mass is 327 g/mol. The van der Waals surface area contributed by atoms with Crippen molar-refractivity contribution < 1.29 is 9.53 Å². The Hall–Kier alpha value is -2.41. The van der Waals surface area contributed by atoms with E-state index in [1.54, 1.807) is 30.4 Å². The molecule has 0 saturated carbocycles. The normalized spacial score (nSPS) is 17.8. The van der Waals surface area contributed by atoms with E-state index in [0.717, 1.165) is 24.2 Å². The Labute approximate surface area is 141 Å². The van der Waals surface area contributed by atoms with Gasteiger partial charge < -0.3 is 9.64 Å². The first-order valence-electron chi connectivity index (χ1n) is 8.10. The second kappa shape index (κ2) is 7.44. The van der Waals surface area contributed by atoms with Crippen molar-refractivity contribution in [2.75, 3.05) is 19.7 Å². The van der Waals surface area contributed by atoms with Gasteiger partial charge in [-0.3, -0.25) is 4.79 Å². The van der Waals surface area contributed by atoms with E-state index >= 15 is 0 Å². The summed E-state index contributed by atoms with van der Waals surface area (Å²) in [6.45, 7) is 5.44. The van der Waals surface area contributed by atoms with Crippen LogP contribution < -0.4 is 0 Å². The van der Waals surface area contributed by atoms with Gasteiger partial charge in [-0.1, -0.05) is 0 Å². The molecule has 1 aliphatic heterocycles. The van der Waals surface area contributed by atoms with Crippen LogP contribution >= 0.6 is 0 Å². The first-order chi connectivity index (χ1) is 11.6. The van der Waals surface area contributed by atoms with Crippen LogP contribution in [0.1, 0.15) is 34.1 Å². The number of hydrogen-bond donors (Lipinski definition) is 0. The summed E-state index contributed by atoms with van der Waals surface area (Å²) in [7, 11) is 0. The zero-order valence-electron chi connectivity index (χ0n) is 14.0. The highest BCUT2D eigenvalue weighted by atomic mass is 16.5. The number of carbonyl (C=O) groups is 1. The lowest BCUT2D eigenvalue weighted by Gasteiger charge is -2.32. The Morgan fingerprint density at radius 2 is 2.21 bits per heavy atom. The molecule has 2 aromatic rings. The highest BCUT2D eigenvalue weighted by molar-refractivity contribution is 5.92. The van der Waals surface area contributed by atoms with Gasteiger partial charge in [0.05, 0.1) is 12.7 Å². The van der Waals surface area contributed by atoms with E-state index in [-0.39, 0.29) is 12.0 Å². The topological polar surface area (TPSA) is 81.1 Å². The van der Waals surface area contributed by atoms with Crippen LogP contribution in [-0.2, 0) is 11.2 Å². The van der Waals surface area contributed by atoms with E-state index in [4.69, 9.17) is 4.74 Å². The molecule has 1 amide bonds. The van der Waals surface area contributed by atoms with Gasteiger partial charge in [-0.05, 0) is 38.8 Å². The molecule has 0 aliphatic carbocycles. The molecule has 0 unspecified atom stereocenters. The zero-order chi connectivity index (χ0) is 16.9. The molecule has 0 spiro atoms. The van der Waals surface area contributed by atoms with Crippen LogP contribution in [0.4, 0.5) is 0 Å². The number of carbonyl (C=O) groups excluding carboxylic acids is 1. The lowest BCUT2D eigenvalue weighted by Crippen LogP contribution is -2.46. The summed E-state index contributed by atoms with van der Waals surface area (Å²) < 4.78 is 5.80. The molecule has 1 atom stereocenters. The van der Waals surface area contributed by atoms with Gasteiger partial charge in [0.1, 0.15) is 17.8 Å². The van der Waals surface area contributed by atoms with Crippen LogP contribution in [-0.4, -0.2) is 56.5 Å². The molecule has 1 aliphatic rings. The third-order valence-corrected chi connectivity index (χ3v) is 4.00. The average molecular weight is 327 g/mol. The van der Waals surface area contributed by atoms with Gasteiger partial charge in [-0.2, -0.15) is 0 Å². The van der Waals surface area contributed by atoms with Crippen LogP contribution in [0.25, 0.3) is 0 Å². The molecule has 1 saturated heterocycles. The summed E-state index contributed by atoms with van der Waals surface area (Å²) in [6, 6.07) is 3.64. The van der Waals surface area contributed by atoms with Crippen molar-refractivity contribution >= 4 is 5.91 Å². The maximum absolute atomic E-state index is 12.6. The molecule has 7 heteroatoms. The van der Waals surface area contributed by atoms with Gasteiger partial charge in [0.25, 0.3) is 5.91 Å². The molecule has 0 aromatic carbocycles. The minimum atomic E-state index is -0.0633. The molecule has 1 fully saturated rings. The number of aromatic nitrogens is 4. The summed E-state index contributed by atoms with van der Waals surface area (Å²) in [6.07, 6.45) is 4.84. The molecular formula is C17H21N5O2. The van der Waals surface area contributed by atoms with Crippen LogP contribution in [0, 0.1) is 13.8 Å². The summed E-state index contributed by atoms with van der Waals surface area (Å²) in [5, 5.41) is 0. The summed E-state index contributed by atoms with van der Waals surface area (Å²) in [4.78, 5) is 31.0. The van der Waals surface area contributed by atoms with E-state index in [2.05, 4.69) is 19.9 Å². The largest absolute Gasteiger partial charge is 0.375 e. The number of hydrogen-bond acceptors (Lipinski definition) is 6. The highest BCUT2D eigenvalue weighted by Gasteiger charge is 2.25. The van der Waals surface area contributed by atoms with Crippen LogP contribution in [0.15, 0.2) is 24.7 Å². The standard InChI is InChI=1S/C17H21N5O2/c1-12-9-14(20-11-19-12)3-4-15-10-22(7-8-24-15)17(23)16-5-6-18-13(2)21-16/h5-6,9,11,15H,3-4,7-8,10H2,1-2H3/t15-/m0/s1. The maximum atomic E-state index is 12.6. The molecular weight excluding hydrogens is 306 g/mol. The summed E-state index contributed by atoms with van der Waals surface area (Å²) in [5.41, 5.74) is 2.40. The lowest BCUT2D eigenvalue weighted by atomic mass is 10.1. The number of ether oxygens (including phenoxy) is 1. The second-order valence-corrected chi connectivity index (χ2v) is 5.92. The molecule has 24 heavy (non-hydrogen) atoms. The van der Waals surface area contributed by atoms with Gasteiger partial charge in [0, 0.05) is 30.7 Å². The molecule has 0 N–H and O–H groups in total. The Bertz CT molecular complexity index is 722. The molecule has 7 nitrogen and oxygen atoms in total. The van der Waals surface area contributed by atoms with Crippen LogP contribution in [0.5, 0.6) is 0 Å². The second-order valence-electron chi connectivity index (χ2n) is 5.92. The third kappa shape index (κ3) is 4.11. The van der Waals surface area contributed by atoms with E-state index < -0.39 is 0 Å². The van der Waals surface area contributed by atoms with Gasteiger partial charge in [-0.25, -0.2) is 19.9 Å². The number of morpholine rings is 1. The van der Waals surface area contributed by atoms with Gasteiger partial charge in [-0.15, -0.1) is 0 Å². The van der Waals surface area contributed by atoms with E-state index in [9.17, 15) is 4.79 Å². The Kier molecular flexibility index (Phi) is 5.10. The Morgan fingerprint density at radius 3 is 3.00 bits per heavy atom. The number of aryl methyl sites for hydroxylation is 3. The molecule has 0 bridgehead atoms. The minimum absolute atomic E-state index is 0.0147. The SMILES string of the molecule is Cc1cc(CC[C@H]2CN(C(=O)c3ccnc(C)n3)CCO2)ncn1. The smallest absolute Gasteiger partial charge is 0.272 e. The first kappa shape index (κ1) is 16.4. The van der Waals surface area contributed by atoms with Crippen LogP contribution in [0.3, 0.4) is 0 Å². The molecule has 0 radical (unpaired) electrons. The summed E-state index contributed by atoms with van der Waals surface area (Å²) in [5.74, 6) is 0.538. The Balaban J connectivity index is 1.59. The van der Waals surface area contributed by atoms with Crippen molar-refractivity contribution in [3.8, 4) is 0 Å². The van der Waals surface area contributed by atoms with Crippen molar-refractivity contribution in [2.45, 2.75) is 32.8 Å². The quantitative estimate of drug-likeness (QED) is 0.843. The number of rotatable bonds is 4. The first-order valence-corrected chi connectivity index (χ1v) is 8.10. The van der Waals surface area contributed by atoms with Gasteiger partial charge >= 0.3 is 0 Å². The fourth-order valence-corrected chi connectivity index (χ4v) is 2.77. The van der Waals surface area contributed by atoms with Gasteiger partial charge in [0.2, 0.25) is 0 Å². The molecule has 3 heterocycles. The van der Waals surface area contributed by atoms with E-state index in [0.29, 0.717) is 31.2 Å². The molecule has 2 aromatic heterocycles. The van der Waals surface area contributed by atoms with Crippen molar-refractivity contribution in [1.82, 2.24) is 24.8 Å². The molecule has 3 rings (SSSR count).